The predicted octanol–water partition coefficient (Wildman–Crippen LogP) is 3.42. The van der Waals surface area contributed by atoms with Gasteiger partial charge in [0.25, 0.3) is 0 Å². The van der Waals surface area contributed by atoms with E-state index in [0.29, 0.717) is 5.56 Å². The Bertz CT molecular complexity index is 714. The Balaban J connectivity index is 1.58. The Hall–Kier alpha value is -2.43. The first-order valence-corrected chi connectivity index (χ1v) is 8.50. The highest BCUT2D eigenvalue weighted by molar-refractivity contribution is 6.06. The monoisotopic (exact) mass is 337 g/mol. The topological polar surface area (TPSA) is 38.8 Å². The van der Waals surface area contributed by atoms with Gasteiger partial charge in [0.15, 0.2) is 5.78 Å². The number of hydrogen-bond acceptors (Lipinski definition) is 4. The third-order valence-electron chi connectivity index (χ3n) is 4.29. The van der Waals surface area contributed by atoms with Gasteiger partial charge in [0.1, 0.15) is 5.75 Å². The number of benzene rings is 2. The van der Waals surface area contributed by atoms with Gasteiger partial charge in [0, 0.05) is 25.2 Å². The van der Waals surface area contributed by atoms with Crippen LogP contribution in [-0.4, -0.2) is 44.1 Å². The van der Waals surface area contributed by atoms with E-state index in [-0.39, 0.29) is 5.78 Å². The number of rotatable bonds is 6. The third kappa shape index (κ3) is 5.02. The molecule has 0 N–H and O–H groups in total. The first-order chi connectivity index (χ1) is 12.2. The van der Waals surface area contributed by atoms with E-state index in [2.05, 4.69) is 17.0 Å². The van der Waals surface area contributed by atoms with Gasteiger partial charge in [-0.25, -0.2) is 0 Å². The smallest absolute Gasteiger partial charge is 0.185 e. The number of hydrogen-bond donors (Lipinski definition) is 0. The van der Waals surface area contributed by atoms with Crippen LogP contribution >= 0.6 is 0 Å². The maximum Gasteiger partial charge on any atom is 0.185 e. The molecule has 0 aromatic heterocycles. The van der Waals surface area contributed by atoms with Crippen LogP contribution in [0.3, 0.4) is 0 Å². The molecule has 2 aromatic carbocycles. The minimum atomic E-state index is -0.0138. The summed E-state index contributed by atoms with van der Waals surface area (Å²) in [5.74, 6) is 0.733. The number of nitrogens with zero attached hydrogens (tertiary/aromatic N) is 1. The van der Waals surface area contributed by atoms with Gasteiger partial charge in [-0.3, -0.25) is 9.69 Å². The molecule has 1 saturated heterocycles. The summed E-state index contributed by atoms with van der Waals surface area (Å²) < 4.78 is 10.5. The van der Waals surface area contributed by atoms with Gasteiger partial charge in [0.05, 0.1) is 20.3 Å². The van der Waals surface area contributed by atoms with Crippen molar-refractivity contribution in [2.45, 2.75) is 6.54 Å². The molecule has 130 valence electrons. The van der Waals surface area contributed by atoms with Crippen molar-refractivity contribution in [2.75, 3.05) is 33.4 Å². The van der Waals surface area contributed by atoms with Crippen molar-refractivity contribution in [3.8, 4) is 5.75 Å². The maximum atomic E-state index is 12.2. The average molecular weight is 337 g/mol. The summed E-state index contributed by atoms with van der Waals surface area (Å²) in [6, 6.07) is 15.5. The zero-order chi connectivity index (χ0) is 17.5. The molecule has 0 unspecified atom stereocenters. The molecule has 0 spiro atoms. The molecule has 0 radical (unpaired) electrons. The number of carbonyl (C=O) groups excluding carboxylic acids is 1. The van der Waals surface area contributed by atoms with Crippen LogP contribution in [0, 0.1) is 0 Å². The van der Waals surface area contributed by atoms with Gasteiger partial charge in [-0.15, -0.1) is 0 Å². The zero-order valence-corrected chi connectivity index (χ0v) is 14.5. The minimum Gasteiger partial charge on any atom is -0.497 e. The van der Waals surface area contributed by atoms with Crippen molar-refractivity contribution in [1.82, 2.24) is 4.90 Å². The van der Waals surface area contributed by atoms with Crippen LogP contribution in [0.1, 0.15) is 21.5 Å². The van der Waals surface area contributed by atoms with Crippen LogP contribution in [0.2, 0.25) is 0 Å². The Labute approximate surface area is 148 Å². The normalized spacial score (nSPS) is 15.4. The average Bonchev–Trinajstić information content (AvgIpc) is 2.68. The number of methoxy groups -OCH3 is 1. The Morgan fingerprint density at radius 3 is 2.40 bits per heavy atom. The molecule has 25 heavy (non-hydrogen) atoms. The molecule has 0 atom stereocenters. The minimum absolute atomic E-state index is 0.0138. The highest BCUT2D eigenvalue weighted by Crippen LogP contribution is 2.14. The maximum absolute atomic E-state index is 12.2. The summed E-state index contributed by atoms with van der Waals surface area (Å²) in [5, 5.41) is 0. The van der Waals surface area contributed by atoms with Crippen LogP contribution in [0.4, 0.5) is 0 Å². The molecule has 1 fully saturated rings. The van der Waals surface area contributed by atoms with Gasteiger partial charge in [-0.1, -0.05) is 30.3 Å². The molecule has 3 rings (SSSR count). The molecular weight excluding hydrogens is 314 g/mol. The summed E-state index contributed by atoms with van der Waals surface area (Å²) in [4.78, 5) is 14.6. The molecule has 1 aliphatic heterocycles. The molecule has 1 heterocycles. The number of allylic oxidation sites excluding steroid dienone is 1. The molecule has 0 saturated carbocycles. The Morgan fingerprint density at radius 2 is 1.76 bits per heavy atom. The standard InChI is InChI=1S/C21H23NO3/c1-24-20-9-7-19(8-10-20)21(23)11-6-17-2-4-18(5-3-17)16-22-12-14-25-15-13-22/h2-11H,12-16H2,1H3. The van der Waals surface area contributed by atoms with Crippen molar-refractivity contribution >= 4 is 11.9 Å². The van der Waals surface area contributed by atoms with Gasteiger partial charge in [-0.2, -0.15) is 0 Å². The molecule has 0 amide bonds. The van der Waals surface area contributed by atoms with E-state index in [1.54, 1.807) is 37.5 Å². The Kier molecular flexibility index (Phi) is 5.99. The van der Waals surface area contributed by atoms with Crippen molar-refractivity contribution in [2.24, 2.45) is 0 Å². The van der Waals surface area contributed by atoms with Crippen LogP contribution in [0.15, 0.2) is 54.6 Å². The lowest BCUT2D eigenvalue weighted by Gasteiger charge is -2.26. The lowest BCUT2D eigenvalue weighted by molar-refractivity contribution is 0.0342. The fraction of sp³-hybridized carbons (Fsp3) is 0.286. The van der Waals surface area contributed by atoms with E-state index in [0.717, 1.165) is 44.2 Å². The number of ether oxygens (including phenoxy) is 2. The second-order valence-corrected chi connectivity index (χ2v) is 6.06. The highest BCUT2D eigenvalue weighted by atomic mass is 16.5. The fourth-order valence-corrected chi connectivity index (χ4v) is 2.78. The highest BCUT2D eigenvalue weighted by Gasteiger charge is 2.10. The lowest BCUT2D eigenvalue weighted by Crippen LogP contribution is -2.35. The molecule has 1 aliphatic rings. The molecule has 0 aliphatic carbocycles. The summed E-state index contributed by atoms with van der Waals surface area (Å²) in [7, 11) is 1.61. The van der Waals surface area contributed by atoms with Crippen molar-refractivity contribution in [3.05, 3.63) is 71.3 Å². The van der Waals surface area contributed by atoms with Crippen LogP contribution < -0.4 is 4.74 Å². The SMILES string of the molecule is COc1ccc(C(=O)C=Cc2ccc(CN3CCOCC3)cc2)cc1. The first kappa shape index (κ1) is 17.4. The van der Waals surface area contributed by atoms with Crippen LogP contribution in [0.5, 0.6) is 5.75 Å². The van der Waals surface area contributed by atoms with Gasteiger partial charge < -0.3 is 9.47 Å². The molecule has 4 heteroatoms. The molecular formula is C21H23NO3. The quantitative estimate of drug-likeness (QED) is 0.598. The van der Waals surface area contributed by atoms with E-state index in [4.69, 9.17) is 9.47 Å². The van der Waals surface area contributed by atoms with Crippen molar-refractivity contribution < 1.29 is 14.3 Å². The summed E-state index contributed by atoms with van der Waals surface area (Å²) in [5.41, 5.74) is 2.95. The summed E-state index contributed by atoms with van der Waals surface area (Å²) in [6.45, 7) is 4.54. The van der Waals surface area contributed by atoms with Crippen molar-refractivity contribution in [1.29, 1.82) is 0 Å². The predicted molar refractivity (Wildman–Crippen MR) is 98.9 cm³/mol. The van der Waals surface area contributed by atoms with E-state index in [9.17, 15) is 4.79 Å². The number of carbonyl (C=O) groups is 1. The molecule has 2 aromatic rings. The molecule has 0 bridgehead atoms. The number of ketones is 1. The lowest BCUT2D eigenvalue weighted by atomic mass is 10.1. The second kappa shape index (κ2) is 8.60. The van der Waals surface area contributed by atoms with E-state index in [1.165, 1.54) is 5.56 Å². The first-order valence-electron chi connectivity index (χ1n) is 8.50. The second-order valence-electron chi connectivity index (χ2n) is 6.06. The molecule has 4 nitrogen and oxygen atoms in total. The van der Waals surface area contributed by atoms with Crippen LogP contribution in [-0.2, 0) is 11.3 Å². The van der Waals surface area contributed by atoms with Crippen LogP contribution in [0.25, 0.3) is 6.08 Å². The van der Waals surface area contributed by atoms with E-state index >= 15 is 0 Å². The van der Waals surface area contributed by atoms with E-state index in [1.807, 2.05) is 18.2 Å². The van der Waals surface area contributed by atoms with Gasteiger partial charge >= 0.3 is 0 Å². The third-order valence-corrected chi connectivity index (χ3v) is 4.29. The summed E-state index contributed by atoms with van der Waals surface area (Å²) in [6.07, 6.45) is 3.46. The Morgan fingerprint density at radius 1 is 1.08 bits per heavy atom. The fourth-order valence-electron chi connectivity index (χ4n) is 2.78. The zero-order valence-electron chi connectivity index (χ0n) is 14.5. The van der Waals surface area contributed by atoms with Gasteiger partial charge in [-0.05, 0) is 41.5 Å². The van der Waals surface area contributed by atoms with Crippen molar-refractivity contribution in [3.63, 3.8) is 0 Å². The van der Waals surface area contributed by atoms with E-state index < -0.39 is 0 Å². The number of morpholine rings is 1. The van der Waals surface area contributed by atoms with Gasteiger partial charge in [0.2, 0.25) is 0 Å². The largest absolute Gasteiger partial charge is 0.497 e. The summed E-state index contributed by atoms with van der Waals surface area (Å²) >= 11 is 0.